The van der Waals surface area contributed by atoms with Gasteiger partial charge in [-0.05, 0) is 51.8 Å². The molecular formula is C15H15BrN2OS. The quantitative estimate of drug-likeness (QED) is 0.888. The van der Waals surface area contributed by atoms with E-state index in [1.165, 1.54) is 10.4 Å². The summed E-state index contributed by atoms with van der Waals surface area (Å²) in [6.07, 6.45) is 1.74. The standard InChI is InChI=1S/C15H15BrN2OS/c16-11-7-8-20-14(11)9-17-13-6-5-10-3-1-2-4-12(10)18-15(13)19/h1-4,7-8,13,17H,5-6,9H2,(H,18,19). The van der Waals surface area contributed by atoms with Crippen LogP contribution in [0.1, 0.15) is 16.9 Å². The van der Waals surface area contributed by atoms with E-state index in [1.807, 2.05) is 29.6 Å². The van der Waals surface area contributed by atoms with Crippen LogP contribution in [0.15, 0.2) is 40.2 Å². The molecule has 0 saturated heterocycles. The lowest BCUT2D eigenvalue weighted by Crippen LogP contribution is -2.39. The number of amides is 1. The third-order valence-electron chi connectivity index (χ3n) is 3.49. The fraction of sp³-hybridized carbons (Fsp3) is 0.267. The average Bonchev–Trinajstić information content (AvgIpc) is 2.78. The number of fused-ring (bicyclic) bond motifs is 1. The zero-order chi connectivity index (χ0) is 13.9. The van der Waals surface area contributed by atoms with Crippen molar-refractivity contribution in [2.45, 2.75) is 25.4 Å². The van der Waals surface area contributed by atoms with Crippen molar-refractivity contribution in [3.05, 3.63) is 50.6 Å². The molecule has 5 heteroatoms. The van der Waals surface area contributed by atoms with Gasteiger partial charge in [0.1, 0.15) is 0 Å². The van der Waals surface area contributed by atoms with E-state index >= 15 is 0 Å². The van der Waals surface area contributed by atoms with E-state index < -0.39 is 0 Å². The lowest BCUT2D eigenvalue weighted by atomic mass is 10.1. The van der Waals surface area contributed by atoms with E-state index in [2.05, 4.69) is 32.6 Å². The second-order valence-corrected chi connectivity index (χ2v) is 6.67. The molecule has 0 radical (unpaired) electrons. The molecule has 1 unspecified atom stereocenters. The monoisotopic (exact) mass is 350 g/mol. The summed E-state index contributed by atoms with van der Waals surface area (Å²) in [6.45, 7) is 0.715. The molecule has 0 aliphatic carbocycles. The zero-order valence-electron chi connectivity index (χ0n) is 10.9. The van der Waals surface area contributed by atoms with Gasteiger partial charge in [-0.1, -0.05) is 18.2 Å². The molecule has 1 aliphatic heterocycles. The largest absolute Gasteiger partial charge is 0.324 e. The molecule has 3 nitrogen and oxygen atoms in total. The molecule has 0 bridgehead atoms. The van der Waals surface area contributed by atoms with E-state index in [4.69, 9.17) is 0 Å². The van der Waals surface area contributed by atoms with E-state index in [9.17, 15) is 4.79 Å². The van der Waals surface area contributed by atoms with Crippen LogP contribution >= 0.6 is 27.3 Å². The van der Waals surface area contributed by atoms with Gasteiger partial charge in [0.15, 0.2) is 0 Å². The number of thiophene rings is 1. The van der Waals surface area contributed by atoms with Gasteiger partial charge in [-0.2, -0.15) is 0 Å². The highest BCUT2D eigenvalue weighted by molar-refractivity contribution is 9.10. The highest BCUT2D eigenvalue weighted by Crippen LogP contribution is 2.24. The molecule has 0 fully saturated rings. The van der Waals surface area contributed by atoms with Crippen LogP contribution in [0.5, 0.6) is 0 Å². The average molecular weight is 351 g/mol. The van der Waals surface area contributed by atoms with Crippen molar-refractivity contribution in [2.24, 2.45) is 0 Å². The van der Waals surface area contributed by atoms with Gasteiger partial charge in [0.25, 0.3) is 0 Å². The van der Waals surface area contributed by atoms with Crippen molar-refractivity contribution in [2.75, 3.05) is 5.32 Å². The van der Waals surface area contributed by atoms with Gasteiger partial charge >= 0.3 is 0 Å². The number of hydrogen-bond acceptors (Lipinski definition) is 3. The summed E-state index contributed by atoms with van der Waals surface area (Å²) in [5, 5.41) is 8.41. The molecule has 2 aromatic rings. The zero-order valence-corrected chi connectivity index (χ0v) is 13.3. The van der Waals surface area contributed by atoms with Crippen LogP contribution in [0, 0.1) is 0 Å². The number of carbonyl (C=O) groups is 1. The van der Waals surface area contributed by atoms with Crippen molar-refractivity contribution < 1.29 is 4.79 Å². The predicted molar refractivity (Wildman–Crippen MR) is 86.0 cm³/mol. The smallest absolute Gasteiger partial charge is 0.241 e. The van der Waals surface area contributed by atoms with Crippen molar-refractivity contribution in [1.29, 1.82) is 0 Å². The van der Waals surface area contributed by atoms with E-state index in [0.29, 0.717) is 6.54 Å². The highest BCUT2D eigenvalue weighted by atomic mass is 79.9. The molecule has 0 spiro atoms. The number of halogens is 1. The normalized spacial score (nSPS) is 18.2. The number of para-hydroxylation sites is 1. The van der Waals surface area contributed by atoms with E-state index in [1.54, 1.807) is 11.3 Å². The van der Waals surface area contributed by atoms with Crippen molar-refractivity contribution in [3.63, 3.8) is 0 Å². The predicted octanol–water partition coefficient (Wildman–Crippen LogP) is 3.55. The Labute approximate surface area is 130 Å². The van der Waals surface area contributed by atoms with Crippen molar-refractivity contribution in [3.8, 4) is 0 Å². The number of benzene rings is 1. The van der Waals surface area contributed by atoms with Gasteiger partial charge < -0.3 is 10.6 Å². The molecule has 104 valence electrons. The number of aryl methyl sites for hydroxylation is 1. The Morgan fingerprint density at radius 3 is 3.00 bits per heavy atom. The molecule has 20 heavy (non-hydrogen) atoms. The summed E-state index contributed by atoms with van der Waals surface area (Å²) in [4.78, 5) is 13.5. The lowest BCUT2D eigenvalue weighted by Gasteiger charge is -2.14. The number of rotatable bonds is 3. The van der Waals surface area contributed by atoms with Crippen LogP contribution < -0.4 is 10.6 Å². The first kappa shape index (κ1) is 13.8. The lowest BCUT2D eigenvalue weighted by molar-refractivity contribution is -0.118. The molecule has 1 aromatic heterocycles. The third kappa shape index (κ3) is 2.95. The molecule has 1 atom stereocenters. The summed E-state index contributed by atoms with van der Waals surface area (Å²) in [5.41, 5.74) is 2.15. The molecular weight excluding hydrogens is 336 g/mol. The van der Waals surface area contributed by atoms with Crippen LogP contribution in [0.3, 0.4) is 0 Å². The third-order valence-corrected chi connectivity index (χ3v) is 5.42. The van der Waals surface area contributed by atoms with Crippen LogP contribution in [-0.2, 0) is 17.8 Å². The molecule has 3 rings (SSSR count). The Kier molecular flexibility index (Phi) is 4.19. The minimum Gasteiger partial charge on any atom is -0.324 e. The Morgan fingerprint density at radius 1 is 1.35 bits per heavy atom. The Hall–Kier alpha value is -1.17. The Bertz CT molecular complexity index is 626. The molecule has 0 saturated carbocycles. The van der Waals surface area contributed by atoms with E-state index in [0.717, 1.165) is 23.0 Å². The number of anilines is 1. The van der Waals surface area contributed by atoms with Gasteiger partial charge in [0.2, 0.25) is 5.91 Å². The molecule has 2 heterocycles. The van der Waals surface area contributed by atoms with Crippen molar-refractivity contribution >= 4 is 38.9 Å². The summed E-state index contributed by atoms with van der Waals surface area (Å²) in [5.74, 6) is 0.0580. The minimum absolute atomic E-state index is 0.0580. The van der Waals surface area contributed by atoms with Crippen LogP contribution in [0.2, 0.25) is 0 Å². The number of nitrogens with one attached hydrogen (secondary N) is 2. The van der Waals surface area contributed by atoms with Gasteiger partial charge in [0.05, 0.1) is 6.04 Å². The SMILES string of the molecule is O=C1Nc2ccccc2CCC1NCc1sccc1Br. The van der Waals surface area contributed by atoms with Gasteiger partial charge in [0, 0.05) is 21.6 Å². The first-order chi connectivity index (χ1) is 9.74. The highest BCUT2D eigenvalue weighted by Gasteiger charge is 2.23. The summed E-state index contributed by atoms with van der Waals surface area (Å²) in [6, 6.07) is 9.90. The van der Waals surface area contributed by atoms with Crippen molar-refractivity contribution in [1.82, 2.24) is 5.32 Å². The first-order valence-electron chi connectivity index (χ1n) is 6.58. The number of hydrogen-bond donors (Lipinski definition) is 2. The number of carbonyl (C=O) groups excluding carboxylic acids is 1. The Morgan fingerprint density at radius 2 is 2.20 bits per heavy atom. The summed E-state index contributed by atoms with van der Waals surface area (Å²) in [7, 11) is 0. The second-order valence-electron chi connectivity index (χ2n) is 4.81. The molecule has 1 aliphatic rings. The first-order valence-corrected chi connectivity index (χ1v) is 8.25. The maximum absolute atomic E-state index is 12.2. The molecule has 1 aromatic carbocycles. The summed E-state index contributed by atoms with van der Waals surface area (Å²) < 4.78 is 1.10. The fourth-order valence-electron chi connectivity index (χ4n) is 2.37. The maximum atomic E-state index is 12.2. The van der Waals surface area contributed by atoms with Crippen LogP contribution in [0.4, 0.5) is 5.69 Å². The fourth-order valence-corrected chi connectivity index (χ4v) is 3.82. The van der Waals surface area contributed by atoms with Crippen LogP contribution in [0.25, 0.3) is 0 Å². The Balaban J connectivity index is 1.67. The van der Waals surface area contributed by atoms with Gasteiger partial charge in [-0.15, -0.1) is 11.3 Å². The van der Waals surface area contributed by atoms with Crippen LogP contribution in [-0.4, -0.2) is 11.9 Å². The minimum atomic E-state index is -0.142. The summed E-state index contributed by atoms with van der Waals surface area (Å²) >= 11 is 5.21. The van der Waals surface area contributed by atoms with Gasteiger partial charge in [-0.3, -0.25) is 4.79 Å². The van der Waals surface area contributed by atoms with E-state index in [-0.39, 0.29) is 11.9 Å². The van der Waals surface area contributed by atoms with Gasteiger partial charge in [-0.25, -0.2) is 0 Å². The topological polar surface area (TPSA) is 41.1 Å². The molecule has 1 amide bonds. The maximum Gasteiger partial charge on any atom is 0.241 e. The molecule has 2 N–H and O–H groups in total. The second kappa shape index (κ2) is 6.08.